The standard InChI is InChI=1S/C8H8F3NOS/c1-3-13-5(2)7-12-6(4-14-7)8(9,10)11/h4H,2-3H2,1H3. The lowest BCUT2D eigenvalue weighted by Crippen LogP contribution is -2.05. The van der Waals surface area contributed by atoms with E-state index in [2.05, 4.69) is 11.6 Å². The average Bonchev–Trinajstić information content (AvgIpc) is 2.51. The summed E-state index contributed by atoms with van der Waals surface area (Å²) in [5, 5.41) is 1.11. The molecule has 0 aliphatic carbocycles. The van der Waals surface area contributed by atoms with Crippen LogP contribution in [0.15, 0.2) is 12.0 Å². The highest BCUT2D eigenvalue weighted by molar-refractivity contribution is 7.10. The van der Waals surface area contributed by atoms with Gasteiger partial charge in [0, 0.05) is 5.38 Å². The van der Waals surface area contributed by atoms with Gasteiger partial charge in [-0.1, -0.05) is 6.58 Å². The summed E-state index contributed by atoms with van der Waals surface area (Å²) in [6.45, 7) is 5.55. The Kier molecular flexibility index (Phi) is 3.15. The summed E-state index contributed by atoms with van der Waals surface area (Å²) in [6, 6.07) is 0. The molecule has 0 saturated carbocycles. The highest BCUT2D eigenvalue weighted by Gasteiger charge is 2.33. The minimum Gasteiger partial charge on any atom is -0.491 e. The molecule has 0 radical (unpaired) electrons. The Morgan fingerprint density at radius 2 is 2.29 bits per heavy atom. The predicted octanol–water partition coefficient (Wildman–Crippen LogP) is 3.17. The smallest absolute Gasteiger partial charge is 0.434 e. The van der Waals surface area contributed by atoms with Gasteiger partial charge >= 0.3 is 6.18 Å². The molecular weight excluding hydrogens is 215 g/mol. The van der Waals surface area contributed by atoms with Crippen LogP contribution in [-0.4, -0.2) is 11.6 Å². The molecule has 0 N–H and O–H groups in total. The Morgan fingerprint density at radius 1 is 1.64 bits per heavy atom. The van der Waals surface area contributed by atoms with E-state index in [0.29, 0.717) is 6.61 Å². The molecule has 0 bridgehead atoms. The maximum Gasteiger partial charge on any atom is 0.434 e. The Morgan fingerprint density at radius 3 is 2.71 bits per heavy atom. The number of rotatable bonds is 3. The second-order valence-corrected chi connectivity index (χ2v) is 3.25. The van der Waals surface area contributed by atoms with Crippen molar-refractivity contribution in [2.24, 2.45) is 0 Å². The lowest BCUT2D eigenvalue weighted by Gasteiger charge is -2.02. The van der Waals surface area contributed by atoms with E-state index in [1.54, 1.807) is 6.92 Å². The van der Waals surface area contributed by atoms with Crippen LogP contribution in [0.2, 0.25) is 0 Å². The van der Waals surface area contributed by atoms with Crippen molar-refractivity contribution in [1.29, 1.82) is 0 Å². The van der Waals surface area contributed by atoms with Gasteiger partial charge in [-0.25, -0.2) is 4.98 Å². The fourth-order valence-corrected chi connectivity index (χ4v) is 1.52. The van der Waals surface area contributed by atoms with Crippen LogP contribution in [0.5, 0.6) is 0 Å². The van der Waals surface area contributed by atoms with Crippen molar-refractivity contribution in [3.63, 3.8) is 0 Å². The molecule has 0 aliphatic heterocycles. The van der Waals surface area contributed by atoms with Gasteiger partial charge in [-0.05, 0) is 6.92 Å². The largest absolute Gasteiger partial charge is 0.491 e. The van der Waals surface area contributed by atoms with Crippen LogP contribution >= 0.6 is 11.3 Å². The van der Waals surface area contributed by atoms with Crippen molar-refractivity contribution in [2.45, 2.75) is 13.1 Å². The van der Waals surface area contributed by atoms with Crippen LogP contribution in [0.25, 0.3) is 5.76 Å². The number of aromatic nitrogens is 1. The van der Waals surface area contributed by atoms with Gasteiger partial charge in [0.2, 0.25) is 0 Å². The number of nitrogens with zero attached hydrogens (tertiary/aromatic N) is 1. The number of ether oxygens (including phenoxy) is 1. The molecule has 2 nitrogen and oxygen atoms in total. The summed E-state index contributed by atoms with van der Waals surface area (Å²) in [5.74, 6) is 0.174. The lowest BCUT2D eigenvalue weighted by molar-refractivity contribution is -0.140. The zero-order valence-corrected chi connectivity index (χ0v) is 8.21. The van der Waals surface area contributed by atoms with Gasteiger partial charge in [0.15, 0.2) is 10.7 Å². The van der Waals surface area contributed by atoms with E-state index < -0.39 is 11.9 Å². The van der Waals surface area contributed by atoms with Crippen LogP contribution in [0, 0.1) is 0 Å². The van der Waals surface area contributed by atoms with Crippen molar-refractivity contribution in [2.75, 3.05) is 6.61 Å². The van der Waals surface area contributed by atoms with Crippen LogP contribution < -0.4 is 0 Å². The van der Waals surface area contributed by atoms with Gasteiger partial charge in [-0.15, -0.1) is 11.3 Å². The first-order valence-corrected chi connectivity index (χ1v) is 4.68. The Labute approximate surface area is 83.0 Å². The van der Waals surface area contributed by atoms with E-state index in [9.17, 15) is 13.2 Å². The zero-order chi connectivity index (χ0) is 10.8. The first kappa shape index (κ1) is 11.0. The Bertz CT molecular complexity index is 332. The molecule has 0 amide bonds. The molecule has 0 atom stereocenters. The number of hydrogen-bond donors (Lipinski definition) is 0. The number of alkyl halides is 3. The Balaban J connectivity index is 2.83. The van der Waals surface area contributed by atoms with Crippen LogP contribution in [0.3, 0.4) is 0 Å². The summed E-state index contributed by atoms with van der Waals surface area (Å²) < 4.78 is 41.3. The van der Waals surface area contributed by atoms with Crippen LogP contribution in [-0.2, 0) is 10.9 Å². The normalized spacial score (nSPS) is 11.4. The second-order valence-electron chi connectivity index (χ2n) is 2.39. The van der Waals surface area contributed by atoms with E-state index in [1.165, 1.54) is 0 Å². The summed E-state index contributed by atoms with van der Waals surface area (Å²) in [5.41, 5.74) is -0.904. The van der Waals surface area contributed by atoms with Gasteiger partial charge in [0.25, 0.3) is 0 Å². The van der Waals surface area contributed by atoms with Crippen molar-refractivity contribution >= 4 is 17.1 Å². The van der Waals surface area contributed by atoms with Gasteiger partial charge in [0.1, 0.15) is 5.76 Å². The first-order valence-electron chi connectivity index (χ1n) is 3.80. The van der Waals surface area contributed by atoms with Crippen LogP contribution in [0.4, 0.5) is 13.2 Å². The molecule has 6 heteroatoms. The molecule has 78 valence electrons. The summed E-state index contributed by atoms with van der Waals surface area (Å²) in [4.78, 5) is 3.37. The minimum absolute atomic E-state index is 0.166. The molecule has 14 heavy (non-hydrogen) atoms. The highest BCUT2D eigenvalue weighted by Crippen LogP contribution is 2.31. The molecule has 0 aliphatic rings. The first-order chi connectivity index (χ1) is 6.45. The third-order valence-electron chi connectivity index (χ3n) is 1.35. The molecule has 1 aromatic heterocycles. The molecule has 0 aromatic carbocycles. The topological polar surface area (TPSA) is 22.1 Å². The fraction of sp³-hybridized carbons (Fsp3) is 0.375. The zero-order valence-electron chi connectivity index (χ0n) is 7.39. The van der Waals surface area contributed by atoms with Gasteiger partial charge in [0.05, 0.1) is 6.61 Å². The van der Waals surface area contributed by atoms with Crippen molar-refractivity contribution in [3.05, 3.63) is 22.7 Å². The lowest BCUT2D eigenvalue weighted by atomic mass is 10.5. The molecule has 0 fully saturated rings. The molecular formula is C8H8F3NOS. The second kappa shape index (κ2) is 4.00. The number of thiazole rings is 1. The number of hydrogen-bond acceptors (Lipinski definition) is 3. The monoisotopic (exact) mass is 223 g/mol. The third kappa shape index (κ3) is 2.47. The van der Waals surface area contributed by atoms with E-state index in [1.807, 2.05) is 0 Å². The van der Waals surface area contributed by atoms with Gasteiger partial charge < -0.3 is 4.74 Å². The van der Waals surface area contributed by atoms with Gasteiger partial charge in [-0.2, -0.15) is 13.2 Å². The molecule has 0 saturated heterocycles. The quantitative estimate of drug-likeness (QED) is 0.734. The van der Waals surface area contributed by atoms with E-state index >= 15 is 0 Å². The average molecular weight is 223 g/mol. The van der Waals surface area contributed by atoms with Crippen molar-refractivity contribution in [3.8, 4) is 0 Å². The van der Waals surface area contributed by atoms with Crippen molar-refractivity contribution in [1.82, 2.24) is 4.98 Å². The summed E-state index contributed by atoms with van der Waals surface area (Å²) in [6.07, 6.45) is -4.40. The molecule has 0 unspecified atom stereocenters. The fourth-order valence-electron chi connectivity index (χ4n) is 0.768. The minimum atomic E-state index is -4.40. The molecule has 1 aromatic rings. The molecule has 0 spiro atoms. The summed E-state index contributed by atoms with van der Waals surface area (Å²) >= 11 is 0.869. The third-order valence-corrected chi connectivity index (χ3v) is 2.24. The van der Waals surface area contributed by atoms with E-state index in [-0.39, 0.29) is 10.8 Å². The highest BCUT2D eigenvalue weighted by atomic mass is 32.1. The molecule has 1 heterocycles. The van der Waals surface area contributed by atoms with Crippen molar-refractivity contribution < 1.29 is 17.9 Å². The number of halogens is 3. The maximum atomic E-state index is 12.1. The van der Waals surface area contributed by atoms with Crippen LogP contribution in [0.1, 0.15) is 17.6 Å². The van der Waals surface area contributed by atoms with Gasteiger partial charge in [-0.3, -0.25) is 0 Å². The predicted molar refractivity (Wildman–Crippen MR) is 47.8 cm³/mol. The SMILES string of the molecule is C=C(OCC)c1nc(C(F)(F)F)cs1. The molecule has 1 rings (SSSR count). The van der Waals surface area contributed by atoms with E-state index in [4.69, 9.17) is 4.74 Å². The maximum absolute atomic E-state index is 12.1. The summed E-state index contributed by atoms with van der Waals surface area (Å²) in [7, 11) is 0. The van der Waals surface area contributed by atoms with E-state index in [0.717, 1.165) is 16.7 Å². The Hall–Kier alpha value is -1.04.